The molecule has 0 aromatic carbocycles. The smallest absolute Gasteiger partial charge is 0.263 e. The van der Waals surface area contributed by atoms with Gasteiger partial charge >= 0.3 is 0 Å². The summed E-state index contributed by atoms with van der Waals surface area (Å²) in [5.74, 6) is 0.406. The summed E-state index contributed by atoms with van der Waals surface area (Å²) in [5, 5.41) is 6.01. The Balaban J connectivity index is 1.68. The van der Waals surface area contributed by atoms with Gasteiger partial charge in [0.15, 0.2) is 16.0 Å². The van der Waals surface area contributed by atoms with E-state index in [-0.39, 0.29) is 5.91 Å². The predicted octanol–water partition coefficient (Wildman–Crippen LogP) is 2.17. The number of anilines is 1. The van der Waals surface area contributed by atoms with Gasteiger partial charge in [0, 0.05) is 30.7 Å². The lowest BCUT2D eigenvalue weighted by Crippen LogP contribution is -2.25. The highest BCUT2D eigenvalue weighted by Gasteiger charge is 2.18. The van der Waals surface area contributed by atoms with E-state index < -0.39 is 0 Å². The molecule has 124 valence electrons. The molecule has 7 nitrogen and oxygen atoms in total. The average Bonchev–Trinajstić information content (AvgIpc) is 3.22. The van der Waals surface area contributed by atoms with Gasteiger partial charge in [0.1, 0.15) is 4.88 Å². The molecule has 0 unspecified atom stereocenters. The zero-order valence-corrected chi connectivity index (χ0v) is 14.7. The molecule has 3 aromatic rings. The Morgan fingerprint density at radius 2 is 2.08 bits per heavy atom. The van der Waals surface area contributed by atoms with E-state index in [1.54, 1.807) is 18.5 Å². The van der Waals surface area contributed by atoms with Crippen LogP contribution in [-0.4, -0.2) is 32.4 Å². The molecule has 24 heavy (non-hydrogen) atoms. The van der Waals surface area contributed by atoms with Crippen LogP contribution in [0.15, 0.2) is 23.8 Å². The molecule has 1 amide bonds. The van der Waals surface area contributed by atoms with Crippen molar-refractivity contribution in [3.63, 3.8) is 0 Å². The Kier molecular flexibility index (Phi) is 5.11. The van der Waals surface area contributed by atoms with Crippen molar-refractivity contribution in [2.24, 2.45) is 0 Å². The lowest BCUT2D eigenvalue weighted by molar-refractivity contribution is 0.0957. The van der Waals surface area contributed by atoms with E-state index in [1.807, 2.05) is 12.3 Å². The molecule has 3 aromatic heterocycles. The fraction of sp³-hybridized carbons (Fsp3) is 0.267. The van der Waals surface area contributed by atoms with E-state index in [0.29, 0.717) is 40.2 Å². The summed E-state index contributed by atoms with van der Waals surface area (Å²) in [6.07, 6.45) is 4.65. The second-order valence-corrected chi connectivity index (χ2v) is 6.79. The number of rotatable bonds is 6. The molecule has 0 atom stereocenters. The minimum Gasteiger partial charge on any atom is -0.375 e. The molecule has 3 heterocycles. The van der Waals surface area contributed by atoms with Gasteiger partial charge < -0.3 is 11.1 Å². The van der Waals surface area contributed by atoms with Gasteiger partial charge in [0.25, 0.3) is 5.91 Å². The first-order valence-electron chi connectivity index (χ1n) is 7.42. The maximum atomic E-state index is 12.4. The summed E-state index contributed by atoms with van der Waals surface area (Å²) in [7, 11) is 0. The van der Waals surface area contributed by atoms with Crippen molar-refractivity contribution in [1.29, 1.82) is 0 Å². The Bertz CT molecular complexity index is 830. The number of nitrogen functional groups attached to an aromatic ring is 1. The second kappa shape index (κ2) is 7.45. The van der Waals surface area contributed by atoms with Crippen molar-refractivity contribution in [3.05, 3.63) is 40.1 Å². The van der Waals surface area contributed by atoms with Crippen LogP contribution in [0.5, 0.6) is 0 Å². The maximum Gasteiger partial charge on any atom is 0.263 e. The Morgan fingerprint density at radius 3 is 2.75 bits per heavy atom. The molecule has 0 saturated carbocycles. The summed E-state index contributed by atoms with van der Waals surface area (Å²) in [4.78, 5) is 30.1. The lowest BCUT2D eigenvalue weighted by atomic mass is 10.2. The van der Waals surface area contributed by atoms with Crippen LogP contribution < -0.4 is 11.1 Å². The van der Waals surface area contributed by atoms with Crippen molar-refractivity contribution >= 4 is 33.7 Å². The van der Waals surface area contributed by atoms with Gasteiger partial charge in [-0.3, -0.25) is 4.79 Å². The molecule has 0 aliphatic heterocycles. The van der Waals surface area contributed by atoms with E-state index >= 15 is 0 Å². The van der Waals surface area contributed by atoms with E-state index in [2.05, 4.69) is 25.3 Å². The zero-order valence-electron chi connectivity index (χ0n) is 13.0. The van der Waals surface area contributed by atoms with Crippen molar-refractivity contribution in [1.82, 2.24) is 25.3 Å². The summed E-state index contributed by atoms with van der Waals surface area (Å²) in [5.41, 5.74) is 7.25. The molecule has 9 heteroatoms. The average molecular weight is 360 g/mol. The van der Waals surface area contributed by atoms with Crippen LogP contribution in [0.3, 0.4) is 0 Å². The minimum atomic E-state index is -0.130. The van der Waals surface area contributed by atoms with Crippen molar-refractivity contribution in [2.45, 2.75) is 19.8 Å². The van der Waals surface area contributed by atoms with Crippen LogP contribution in [0.1, 0.15) is 28.0 Å². The zero-order chi connectivity index (χ0) is 16.9. The summed E-state index contributed by atoms with van der Waals surface area (Å²) in [6, 6.07) is 1.75. The Labute approximate surface area is 147 Å². The fourth-order valence-electron chi connectivity index (χ4n) is 2.10. The summed E-state index contributed by atoms with van der Waals surface area (Å²) < 4.78 is 0. The van der Waals surface area contributed by atoms with Crippen LogP contribution >= 0.6 is 22.7 Å². The number of nitrogens with one attached hydrogen (secondary N) is 1. The molecule has 0 spiro atoms. The highest BCUT2D eigenvalue weighted by atomic mass is 32.1. The van der Waals surface area contributed by atoms with Crippen LogP contribution in [0, 0.1) is 0 Å². The number of thiazole rings is 2. The van der Waals surface area contributed by atoms with Gasteiger partial charge in [0.2, 0.25) is 0 Å². The standard InChI is InChI=1S/C15H16N6OS2/c1-2-10-11(24-14(21-10)12-17-5-3-6-18-12)13(22)19-7-4-9-8-23-15(16)20-9/h3,5-6,8H,2,4,7H2,1H3,(H2,16,20)(H,19,22). The van der Waals surface area contributed by atoms with Gasteiger partial charge in [-0.15, -0.1) is 22.7 Å². The Morgan fingerprint density at radius 1 is 1.29 bits per heavy atom. The van der Waals surface area contributed by atoms with Crippen LogP contribution in [0.4, 0.5) is 5.13 Å². The molecule has 0 fully saturated rings. The normalized spacial score (nSPS) is 10.7. The second-order valence-electron chi connectivity index (χ2n) is 4.90. The van der Waals surface area contributed by atoms with Gasteiger partial charge in [0.05, 0.1) is 11.4 Å². The quantitative estimate of drug-likeness (QED) is 0.698. The third-order valence-corrected chi connectivity index (χ3v) is 5.05. The number of carbonyl (C=O) groups is 1. The van der Waals surface area contributed by atoms with E-state index in [1.165, 1.54) is 22.7 Å². The monoisotopic (exact) mass is 360 g/mol. The van der Waals surface area contributed by atoms with Crippen molar-refractivity contribution < 1.29 is 4.79 Å². The van der Waals surface area contributed by atoms with Crippen LogP contribution in [-0.2, 0) is 12.8 Å². The molecule has 0 aliphatic rings. The van der Waals surface area contributed by atoms with Crippen molar-refractivity contribution in [2.75, 3.05) is 12.3 Å². The number of hydrogen-bond donors (Lipinski definition) is 2. The fourth-order valence-corrected chi connectivity index (χ4v) is 3.71. The maximum absolute atomic E-state index is 12.4. The highest BCUT2D eigenvalue weighted by Crippen LogP contribution is 2.25. The molecule has 0 radical (unpaired) electrons. The van der Waals surface area contributed by atoms with E-state index in [9.17, 15) is 4.79 Å². The summed E-state index contributed by atoms with van der Waals surface area (Å²) in [6.45, 7) is 2.47. The number of aryl methyl sites for hydroxylation is 1. The Hall–Kier alpha value is -2.39. The third kappa shape index (κ3) is 3.74. The van der Waals surface area contributed by atoms with Crippen LogP contribution in [0.2, 0.25) is 0 Å². The molecule has 0 bridgehead atoms. The molecule has 3 rings (SSSR count). The van der Waals surface area contributed by atoms with Gasteiger partial charge in [-0.05, 0) is 12.5 Å². The lowest BCUT2D eigenvalue weighted by Gasteiger charge is -2.03. The molecule has 0 saturated heterocycles. The topological polar surface area (TPSA) is 107 Å². The summed E-state index contributed by atoms with van der Waals surface area (Å²) >= 11 is 2.71. The molecule has 0 aliphatic carbocycles. The molecule has 3 N–H and O–H groups in total. The highest BCUT2D eigenvalue weighted by molar-refractivity contribution is 7.17. The van der Waals surface area contributed by atoms with Crippen molar-refractivity contribution in [3.8, 4) is 10.8 Å². The molecular formula is C15H16N6OS2. The largest absolute Gasteiger partial charge is 0.375 e. The number of aromatic nitrogens is 4. The number of hydrogen-bond acceptors (Lipinski definition) is 8. The van der Waals surface area contributed by atoms with Gasteiger partial charge in [-0.2, -0.15) is 0 Å². The van der Waals surface area contributed by atoms with E-state index in [0.717, 1.165) is 11.4 Å². The number of carbonyl (C=O) groups excluding carboxylic acids is 1. The number of amides is 1. The SMILES string of the molecule is CCc1nc(-c2ncccn2)sc1C(=O)NCCc1csc(N)n1. The molecular weight excluding hydrogens is 344 g/mol. The predicted molar refractivity (Wildman–Crippen MR) is 95.1 cm³/mol. The first-order chi connectivity index (χ1) is 11.7. The minimum absolute atomic E-state index is 0.130. The van der Waals surface area contributed by atoms with Gasteiger partial charge in [-0.25, -0.2) is 19.9 Å². The van der Waals surface area contributed by atoms with Gasteiger partial charge in [-0.1, -0.05) is 6.92 Å². The first kappa shape index (κ1) is 16.5. The van der Waals surface area contributed by atoms with Crippen LogP contribution in [0.25, 0.3) is 10.8 Å². The first-order valence-corrected chi connectivity index (χ1v) is 9.12. The third-order valence-electron chi connectivity index (χ3n) is 3.23. The number of nitrogens with zero attached hydrogens (tertiary/aromatic N) is 4. The van der Waals surface area contributed by atoms with E-state index in [4.69, 9.17) is 5.73 Å². The number of nitrogens with two attached hydrogens (primary N) is 1.